The first-order chi connectivity index (χ1) is 16.1. The van der Waals surface area contributed by atoms with Crippen molar-refractivity contribution in [3.05, 3.63) is 29.3 Å². The first-order valence-electron chi connectivity index (χ1n) is 11.5. The van der Waals surface area contributed by atoms with Crippen molar-refractivity contribution in [1.29, 1.82) is 0 Å². The summed E-state index contributed by atoms with van der Waals surface area (Å²) in [5, 5.41) is 12.8. The van der Waals surface area contributed by atoms with E-state index in [9.17, 15) is 41.0 Å². The molecule has 35 heavy (non-hydrogen) atoms. The van der Waals surface area contributed by atoms with Crippen molar-refractivity contribution in [3.63, 3.8) is 0 Å². The molecule has 0 radical (unpaired) electrons. The molecule has 0 aromatic heterocycles. The highest BCUT2D eigenvalue weighted by Crippen LogP contribution is 2.38. The molecule has 2 amide bonds. The zero-order valence-electron chi connectivity index (χ0n) is 19.1. The topological polar surface area (TPSA) is 95.7 Å². The number of benzene rings is 1. The van der Waals surface area contributed by atoms with Gasteiger partial charge in [-0.25, -0.2) is 0 Å². The molecule has 1 heterocycles. The summed E-state index contributed by atoms with van der Waals surface area (Å²) in [6.45, 7) is 0.334. The number of halogens is 6. The molecule has 3 rings (SSSR count). The summed E-state index contributed by atoms with van der Waals surface area (Å²) in [6.07, 6.45) is -5.79. The fraction of sp³-hybridized carbons (Fsp3) is 0.652. The van der Waals surface area contributed by atoms with E-state index in [4.69, 9.17) is 5.73 Å². The Morgan fingerprint density at radius 3 is 1.89 bits per heavy atom. The first kappa shape index (κ1) is 27.3. The molecule has 0 bridgehead atoms. The summed E-state index contributed by atoms with van der Waals surface area (Å²) < 4.78 is 78.1. The number of piperidine rings is 1. The van der Waals surface area contributed by atoms with Gasteiger partial charge in [-0.05, 0) is 43.9 Å². The van der Waals surface area contributed by atoms with Crippen LogP contribution in [-0.2, 0) is 21.9 Å². The summed E-state index contributed by atoms with van der Waals surface area (Å²) in [5.41, 5.74) is 0.488. The van der Waals surface area contributed by atoms with Crippen LogP contribution in [0, 0.1) is 0 Å². The molecule has 0 unspecified atom stereocenters. The Morgan fingerprint density at radius 2 is 1.40 bits per heavy atom. The minimum atomic E-state index is -5.04. The van der Waals surface area contributed by atoms with Gasteiger partial charge in [0.1, 0.15) is 0 Å². The normalized spacial score (nSPS) is 20.4. The van der Waals surface area contributed by atoms with Gasteiger partial charge < -0.3 is 21.1 Å². The molecule has 1 aromatic carbocycles. The summed E-state index contributed by atoms with van der Waals surface area (Å²) in [5.74, 6) is -1.06. The zero-order valence-corrected chi connectivity index (χ0v) is 19.1. The smallest absolute Gasteiger partial charge is 0.389 e. The molecule has 1 saturated carbocycles. The number of carbonyl (C=O) groups is 2. The lowest BCUT2D eigenvalue weighted by Crippen LogP contribution is -2.51. The van der Waals surface area contributed by atoms with Gasteiger partial charge in [-0.1, -0.05) is 19.3 Å². The van der Waals surface area contributed by atoms with E-state index in [-0.39, 0.29) is 44.3 Å². The lowest BCUT2D eigenvalue weighted by molar-refractivity contribution is -0.143. The van der Waals surface area contributed by atoms with Crippen LogP contribution in [0.5, 0.6) is 0 Å². The maximum atomic E-state index is 13.0. The third kappa shape index (κ3) is 7.33. The number of rotatable bonds is 5. The van der Waals surface area contributed by atoms with Crippen LogP contribution < -0.4 is 11.1 Å². The van der Waals surface area contributed by atoms with Gasteiger partial charge in [-0.2, -0.15) is 26.3 Å². The lowest BCUT2D eigenvalue weighted by Gasteiger charge is -2.40. The predicted octanol–water partition coefficient (Wildman–Crippen LogP) is 4.46. The monoisotopic (exact) mass is 509 g/mol. The number of hydrogen-bond donors (Lipinski definition) is 3. The van der Waals surface area contributed by atoms with E-state index in [1.165, 1.54) is 0 Å². The minimum Gasteiger partial charge on any atom is -0.389 e. The van der Waals surface area contributed by atoms with Crippen LogP contribution in [-0.4, -0.2) is 46.1 Å². The van der Waals surface area contributed by atoms with Crippen molar-refractivity contribution >= 4 is 17.5 Å². The van der Waals surface area contributed by atoms with Crippen molar-refractivity contribution in [2.45, 2.75) is 81.3 Å². The van der Waals surface area contributed by atoms with Crippen LogP contribution in [0.25, 0.3) is 0 Å². The van der Waals surface area contributed by atoms with Crippen molar-refractivity contribution in [3.8, 4) is 0 Å². The van der Waals surface area contributed by atoms with E-state index in [0.717, 1.165) is 32.1 Å². The number of amides is 2. The molecule has 1 saturated heterocycles. The summed E-state index contributed by atoms with van der Waals surface area (Å²) in [6, 6.07) is 0.785. The van der Waals surface area contributed by atoms with E-state index in [1.807, 2.05) is 5.32 Å². The maximum absolute atomic E-state index is 13.0. The molecule has 196 valence electrons. The lowest BCUT2D eigenvalue weighted by atomic mass is 9.79. The largest absolute Gasteiger partial charge is 0.416 e. The number of nitrogens with zero attached hydrogens (tertiary/aromatic N) is 1. The summed E-state index contributed by atoms with van der Waals surface area (Å²) in [4.78, 5) is 26.6. The van der Waals surface area contributed by atoms with E-state index in [0.29, 0.717) is 12.1 Å². The molecule has 0 spiro atoms. The van der Waals surface area contributed by atoms with Crippen molar-refractivity contribution in [1.82, 2.24) is 4.90 Å². The SMILES string of the molecule is NC1(CC(=O)N2CCC(O)(CC(=O)Nc3cc(C(F)(F)F)cc(C(F)(F)F)c3)CC2)CCCCC1. The molecule has 0 atom stereocenters. The Balaban J connectivity index is 1.59. The molecular formula is C23H29F6N3O3. The average molecular weight is 509 g/mol. The Labute approximate surface area is 198 Å². The number of anilines is 1. The second-order valence-electron chi connectivity index (χ2n) is 9.72. The number of nitrogens with one attached hydrogen (secondary N) is 1. The fourth-order valence-electron chi connectivity index (χ4n) is 4.73. The van der Waals surface area contributed by atoms with Gasteiger partial charge in [0, 0.05) is 30.7 Å². The van der Waals surface area contributed by atoms with Gasteiger partial charge in [0.15, 0.2) is 0 Å². The van der Waals surface area contributed by atoms with E-state index < -0.39 is 52.6 Å². The van der Waals surface area contributed by atoms with Crippen LogP contribution in [0.4, 0.5) is 32.0 Å². The highest BCUT2D eigenvalue weighted by molar-refractivity contribution is 5.91. The van der Waals surface area contributed by atoms with Crippen molar-refractivity contribution in [2.24, 2.45) is 5.73 Å². The maximum Gasteiger partial charge on any atom is 0.416 e. The number of aliphatic hydroxyl groups is 1. The molecule has 1 aromatic rings. The Hall–Kier alpha value is -2.34. The molecule has 1 aliphatic carbocycles. The van der Waals surface area contributed by atoms with E-state index in [2.05, 4.69) is 0 Å². The molecule has 12 heteroatoms. The second kappa shape index (κ2) is 9.96. The third-order valence-electron chi connectivity index (χ3n) is 6.76. The first-order valence-corrected chi connectivity index (χ1v) is 11.5. The average Bonchev–Trinajstić information content (AvgIpc) is 2.72. The number of likely N-dealkylation sites (tertiary alicyclic amines) is 1. The van der Waals surface area contributed by atoms with Gasteiger partial charge in [0.05, 0.1) is 23.1 Å². The molecular weight excluding hydrogens is 480 g/mol. The fourth-order valence-corrected chi connectivity index (χ4v) is 4.73. The van der Waals surface area contributed by atoms with Crippen LogP contribution in [0.3, 0.4) is 0 Å². The molecule has 1 aliphatic heterocycles. The second-order valence-corrected chi connectivity index (χ2v) is 9.72. The van der Waals surface area contributed by atoms with Gasteiger partial charge in [-0.3, -0.25) is 9.59 Å². The van der Waals surface area contributed by atoms with Gasteiger partial charge >= 0.3 is 12.4 Å². The number of carbonyl (C=O) groups excluding carboxylic acids is 2. The van der Waals surface area contributed by atoms with Crippen molar-refractivity contribution < 1.29 is 41.0 Å². The van der Waals surface area contributed by atoms with Crippen molar-refractivity contribution in [2.75, 3.05) is 18.4 Å². The molecule has 6 nitrogen and oxygen atoms in total. The molecule has 4 N–H and O–H groups in total. The Morgan fingerprint density at radius 1 is 0.886 bits per heavy atom. The predicted molar refractivity (Wildman–Crippen MR) is 115 cm³/mol. The zero-order chi connectivity index (χ0) is 26.1. The molecule has 2 fully saturated rings. The minimum absolute atomic E-state index is 0.0330. The van der Waals surface area contributed by atoms with Crippen LogP contribution in [0.1, 0.15) is 68.9 Å². The highest BCUT2D eigenvalue weighted by Gasteiger charge is 2.39. The van der Waals surface area contributed by atoms with Gasteiger partial charge in [0.25, 0.3) is 0 Å². The standard InChI is InChI=1S/C23H29F6N3O3/c24-22(25,26)15-10-16(23(27,28)29)12-17(11-15)31-18(33)13-21(35)6-8-32(9-7-21)19(34)14-20(30)4-2-1-3-5-20/h10-12,35H,1-9,13-14,30H2,(H,31,33). The van der Waals surface area contributed by atoms with Crippen LogP contribution in [0.2, 0.25) is 0 Å². The number of hydrogen-bond acceptors (Lipinski definition) is 4. The van der Waals surface area contributed by atoms with Gasteiger partial charge in [0.2, 0.25) is 11.8 Å². The van der Waals surface area contributed by atoms with Crippen LogP contribution >= 0.6 is 0 Å². The summed E-state index contributed by atoms with van der Waals surface area (Å²) in [7, 11) is 0. The Kier molecular flexibility index (Phi) is 7.76. The quantitative estimate of drug-likeness (QED) is 0.511. The highest BCUT2D eigenvalue weighted by atomic mass is 19.4. The van der Waals surface area contributed by atoms with E-state index in [1.54, 1.807) is 4.90 Å². The van der Waals surface area contributed by atoms with E-state index >= 15 is 0 Å². The molecule has 2 aliphatic rings. The van der Waals surface area contributed by atoms with Gasteiger partial charge in [-0.15, -0.1) is 0 Å². The number of alkyl halides is 6. The third-order valence-corrected chi connectivity index (χ3v) is 6.76. The summed E-state index contributed by atoms with van der Waals surface area (Å²) >= 11 is 0. The van der Waals surface area contributed by atoms with Crippen LogP contribution in [0.15, 0.2) is 18.2 Å². The number of nitrogens with two attached hydrogens (primary N) is 1. The Bertz CT molecular complexity index is 901.